The number of amides is 1. The molecular weight excluding hydrogens is 281 g/mol. The maximum atomic E-state index is 10.2. The molecule has 0 aliphatic heterocycles. The van der Waals surface area contributed by atoms with Gasteiger partial charge in [-0.25, -0.2) is 4.79 Å². The van der Waals surface area contributed by atoms with Gasteiger partial charge in [0.2, 0.25) is 0 Å². The smallest absolute Gasteiger partial charge is 0.404 e. The fraction of sp³-hybridized carbons (Fsp3) is 0.300. The molecule has 0 aromatic heterocycles. The molecule has 0 unspecified atom stereocenters. The summed E-state index contributed by atoms with van der Waals surface area (Å²) >= 11 is 9.12. The average molecular weight is 293 g/mol. The Morgan fingerprint density at radius 2 is 2.27 bits per heavy atom. The number of nitrogens with one attached hydrogen (secondary N) is 1. The van der Waals surface area contributed by atoms with Crippen LogP contribution < -0.4 is 5.32 Å². The highest BCUT2D eigenvalue weighted by Crippen LogP contribution is 2.20. The summed E-state index contributed by atoms with van der Waals surface area (Å²) in [5.74, 6) is 0.467. The third-order valence-corrected chi connectivity index (χ3v) is 2.98. The van der Waals surface area contributed by atoms with Crippen molar-refractivity contribution in [3.63, 3.8) is 0 Å². The molecule has 0 atom stereocenters. The van der Waals surface area contributed by atoms with Crippen molar-refractivity contribution in [1.82, 2.24) is 5.32 Å². The Morgan fingerprint density at radius 1 is 1.53 bits per heavy atom. The molecule has 0 saturated carbocycles. The summed E-state index contributed by atoms with van der Waals surface area (Å²) in [6, 6.07) is 5.85. The number of hydrogen-bond acceptors (Lipinski definition) is 1. The number of benzene rings is 1. The van der Waals surface area contributed by atoms with E-state index in [9.17, 15) is 4.79 Å². The van der Waals surface area contributed by atoms with E-state index < -0.39 is 6.09 Å². The summed E-state index contributed by atoms with van der Waals surface area (Å²) in [6.45, 7) is 0.419. The Hall–Kier alpha value is -0.740. The molecule has 0 aliphatic carbocycles. The van der Waals surface area contributed by atoms with Gasteiger partial charge in [-0.15, -0.1) is 11.6 Å². The van der Waals surface area contributed by atoms with Crippen LogP contribution in [0.3, 0.4) is 0 Å². The van der Waals surface area contributed by atoms with Gasteiger partial charge < -0.3 is 10.4 Å². The zero-order valence-corrected chi connectivity index (χ0v) is 10.3. The van der Waals surface area contributed by atoms with Gasteiger partial charge in [0.25, 0.3) is 0 Å². The molecule has 1 amide bonds. The third-order valence-electron chi connectivity index (χ3n) is 1.95. The second-order valence-corrected chi connectivity index (χ2v) is 4.16. The van der Waals surface area contributed by atoms with Gasteiger partial charge in [-0.1, -0.05) is 28.1 Å². The van der Waals surface area contributed by atoms with Crippen molar-refractivity contribution in [3.8, 4) is 0 Å². The van der Waals surface area contributed by atoms with Gasteiger partial charge >= 0.3 is 6.09 Å². The van der Waals surface area contributed by atoms with Gasteiger partial charge in [0.05, 0.1) is 0 Å². The van der Waals surface area contributed by atoms with Crippen molar-refractivity contribution in [1.29, 1.82) is 0 Å². The second kappa shape index (κ2) is 5.98. The molecule has 1 rings (SSSR count). The number of alkyl halides is 1. The normalized spacial score (nSPS) is 10.0. The fourth-order valence-corrected chi connectivity index (χ4v) is 2.13. The van der Waals surface area contributed by atoms with Crippen LogP contribution in [-0.2, 0) is 12.3 Å². The lowest BCUT2D eigenvalue weighted by Crippen LogP contribution is -2.23. The zero-order valence-electron chi connectivity index (χ0n) is 7.96. The van der Waals surface area contributed by atoms with Gasteiger partial charge in [-0.3, -0.25) is 0 Å². The van der Waals surface area contributed by atoms with Crippen LogP contribution in [0.4, 0.5) is 4.79 Å². The van der Waals surface area contributed by atoms with Crippen molar-refractivity contribution in [2.45, 2.75) is 12.3 Å². The Kier molecular flexibility index (Phi) is 4.91. The predicted octanol–water partition coefficient (Wildman–Crippen LogP) is 3.00. The molecule has 2 N–H and O–H groups in total. The molecule has 0 bridgehead atoms. The van der Waals surface area contributed by atoms with Crippen molar-refractivity contribution >= 4 is 33.6 Å². The molecule has 82 valence electrons. The van der Waals surface area contributed by atoms with Crippen LogP contribution in [0.25, 0.3) is 0 Å². The largest absolute Gasteiger partial charge is 0.465 e. The second-order valence-electron chi connectivity index (χ2n) is 3.04. The maximum absolute atomic E-state index is 10.2. The van der Waals surface area contributed by atoms with E-state index in [2.05, 4.69) is 21.2 Å². The molecule has 0 heterocycles. The van der Waals surface area contributed by atoms with Gasteiger partial charge in [-0.2, -0.15) is 0 Å². The van der Waals surface area contributed by atoms with E-state index in [1.807, 2.05) is 18.2 Å². The van der Waals surface area contributed by atoms with Crippen molar-refractivity contribution in [3.05, 3.63) is 33.8 Å². The van der Waals surface area contributed by atoms with Crippen molar-refractivity contribution in [2.24, 2.45) is 0 Å². The summed E-state index contributed by atoms with van der Waals surface area (Å²) in [6.07, 6.45) is -0.320. The summed E-state index contributed by atoms with van der Waals surface area (Å²) in [7, 11) is 0. The summed E-state index contributed by atoms with van der Waals surface area (Å²) in [5, 5.41) is 10.7. The van der Waals surface area contributed by atoms with Gasteiger partial charge in [0, 0.05) is 16.9 Å². The first-order valence-corrected chi connectivity index (χ1v) is 5.76. The molecule has 15 heavy (non-hydrogen) atoms. The minimum absolute atomic E-state index is 0.419. The summed E-state index contributed by atoms with van der Waals surface area (Å²) < 4.78 is 0.963. The van der Waals surface area contributed by atoms with E-state index >= 15 is 0 Å². The van der Waals surface area contributed by atoms with Crippen LogP contribution in [0.15, 0.2) is 22.7 Å². The molecule has 0 radical (unpaired) electrons. The van der Waals surface area contributed by atoms with Crippen LogP contribution in [0.2, 0.25) is 0 Å². The van der Waals surface area contributed by atoms with E-state index in [1.165, 1.54) is 0 Å². The van der Waals surface area contributed by atoms with E-state index in [1.54, 1.807) is 0 Å². The quantitative estimate of drug-likeness (QED) is 0.838. The number of hydrogen-bond donors (Lipinski definition) is 2. The molecule has 5 heteroatoms. The monoisotopic (exact) mass is 291 g/mol. The SMILES string of the molecule is O=C(O)NCCc1ccc(CCl)c(Br)c1. The first-order valence-electron chi connectivity index (χ1n) is 4.43. The van der Waals surface area contributed by atoms with Crippen LogP contribution in [0.5, 0.6) is 0 Å². The highest BCUT2D eigenvalue weighted by atomic mass is 79.9. The number of carbonyl (C=O) groups is 1. The van der Waals surface area contributed by atoms with E-state index in [-0.39, 0.29) is 0 Å². The fourth-order valence-electron chi connectivity index (χ4n) is 1.17. The molecule has 0 spiro atoms. The highest BCUT2D eigenvalue weighted by molar-refractivity contribution is 9.10. The van der Waals surface area contributed by atoms with E-state index in [4.69, 9.17) is 16.7 Å². The molecule has 1 aromatic carbocycles. The Balaban J connectivity index is 2.55. The van der Waals surface area contributed by atoms with E-state index in [0.29, 0.717) is 18.8 Å². The number of halogens is 2. The molecule has 1 aromatic rings. The molecule has 0 fully saturated rings. The minimum Gasteiger partial charge on any atom is -0.465 e. The maximum Gasteiger partial charge on any atom is 0.404 e. The lowest BCUT2D eigenvalue weighted by Gasteiger charge is -2.05. The number of carboxylic acid groups (broad SMARTS) is 1. The Morgan fingerprint density at radius 3 is 2.80 bits per heavy atom. The van der Waals surface area contributed by atoms with Crippen LogP contribution in [0.1, 0.15) is 11.1 Å². The molecule has 0 saturated heterocycles. The summed E-state index contributed by atoms with van der Waals surface area (Å²) in [5.41, 5.74) is 2.11. The van der Waals surface area contributed by atoms with Crippen LogP contribution in [-0.4, -0.2) is 17.7 Å². The minimum atomic E-state index is -0.994. The molecule has 3 nitrogen and oxygen atoms in total. The zero-order chi connectivity index (χ0) is 11.3. The molecule has 0 aliphatic rings. The first-order chi connectivity index (χ1) is 7.13. The van der Waals surface area contributed by atoms with Crippen LogP contribution >= 0.6 is 27.5 Å². The van der Waals surface area contributed by atoms with Gasteiger partial charge in [0.1, 0.15) is 0 Å². The third kappa shape index (κ3) is 4.10. The average Bonchev–Trinajstić information content (AvgIpc) is 2.17. The lowest BCUT2D eigenvalue weighted by molar-refractivity contribution is 0.194. The number of rotatable bonds is 4. The topological polar surface area (TPSA) is 49.3 Å². The lowest BCUT2D eigenvalue weighted by atomic mass is 10.1. The Bertz CT molecular complexity index is 357. The van der Waals surface area contributed by atoms with Crippen molar-refractivity contribution in [2.75, 3.05) is 6.54 Å². The van der Waals surface area contributed by atoms with Gasteiger partial charge in [0.15, 0.2) is 0 Å². The first kappa shape index (κ1) is 12.3. The van der Waals surface area contributed by atoms with Gasteiger partial charge in [-0.05, 0) is 23.6 Å². The Labute approximate surface area is 102 Å². The standard InChI is InChI=1S/C10H11BrClNO2/c11-9-5-7(1-2-8(9)6-12)3-4-13-10(14)15/h1-2,5,13H,3-4,6H2,(H,14,15). The predicted molar refractivity (Wildman–Crippen MR) is 63.4 cm³/mol. The van der Waals surface area contributed by atoms with Crippen molar-refractivity contribution < 1.29 is 9.90 Å². The highest BCUT2D eigenvalue weighted by Gasteiger charge is 2.01. The van der Waals surface area contributed by atoms with E-state index in [0.717, 1.165) is 15.6 Å². The summed E-state index contributed by atoms with van der Waals surface area (Å²) in [4.78, 5) is 10.2. The van der Waals surface area contributed by atoms with Crippen LogP contribution in [0, 0.1) is 0 Å². The molecular formula is C10H11BrClNO2.